The highest BCUT2D eigenvalue weighted by atomic mass is 35.5. The van der Waals surface area contributed by atoms with Crippen LogP contribution in [0.4, 0.5) is 10.5 Å². The molecule has 0 spiro atoms. The van der Waals surface area contributed by atoms with Gasteiger partial charge in [-0.1, -0.05) is 11.6 Å². The second-order valence-corrected chi connectivity index (χ2v) is 6.75. The number of nitrogens with zero attached hydrogens (tertiary/aromatic N) is 2. The van der Waals surface area contributed by atoms with Crippen LogP contribution >= 0.6 is 11.6 Å². The fourth-order valence-corrected chi connectivity index (χ4v) is 3.12. The molecule has 1 aromatic carbocycles. The summed E-state index contributed by atoms with van der Waals surface area (Å²) in [6, 6.07) is 3.93. The number of rotatable bonds is 3. The first-order valence-electron chi connectivity index (χ1n) is 8.04. The summed E-state index contributed by atoms with van der Waals surface area (Å²) in [7, 11) is 3.22. The summed E-state index contributed by atoms with van der Waals surface area (Å²) in [5.41, 5.74) is 0.696. The van der Waals surface area contributed by atoms with Gasteiger partial charge < -0.3 is 20.2 Å². The molecule has 1 fully saturated rings. The van der Waals surface area contributed by atoms with Crippen LogP contribution in [0.1, 0.15) is 30.1 Å². The van der Waals surface area contributed by atoms with Crippen LogP contribution in [0.5, 0.6) is 0 Å². The molecular formula is C17H22ClN3O4. The molecule has 136 valence electrons. The molecule has 25 heavy (non-hydrogen) atoms. The van der Waals surface area contributed by atoms with E-state index < -0.39 is 17.9 Å². The Hall–Kier alpha value is -2.28. The lowest BCUT2D eigenvalue weighted by Gasteiger charge is -2.37. The highest BCUT2D eigenvalue weighted by Gasteiger charge is 2.36. The van der Waals surface area contributed by atoms with Gasteiger partial charge >= 0.3 is 12.0 Å². The van der Waals surface area contributed by atoms with Crippen molar-refractivity contribution in [2.75, 3.05) is 26.0 Å². The number of anilines is 1. The molecule has 7 nitrogen and oxygen atoms in total. The van der Waals surface area contributed by atoms with Crippen LogP contribution < -0.4 is 5.32 Å². The largest absolute Gasteiger partial charge is 0.481 e. The smallest absolute Gasteiger partial charge is 0.321 e. The van der Waals surface area contributed by atoms with E-state index in [0.717, 1.165) is 0 Å². The number of halogens is 1. The number of nitrogens with one attached hydrogen (secondary N) is 1. The summed E-state index contributed by atoms with van der Waals surface area (Å²) >= 11 is 6.17. The average molecular weight is 368 g/mol. The number of hydrogen-bond donors (Lipinski definition) is 2. The third-order valence-electron chi connectivity index (χ3n) is 4.42. The van der Waals surface area contributed by atoms with Crippen molar-refractivity contribution in [3.63, 3.8) is 0 Å². The van der Waals surface area contributed by atoms with Crippen molar-refractivity contribution in [1.29, 1.82) is 0 Å². The van der Waals surface area contributed by atoms with E-state index in [1.165, 1.54) is 11.0 Å². The minimum absolute atomic E-state index is 0.246. The van der Waals surface area contributed by atoms with Crippen LogP contribution in [0.15, 0.2) is 18.2 Å². The van der Waals surface area contributed by atoms with Crippen LogP contribution in [0, 0.1) is 5.92 Å². The highest BCUT2D eigenvalue weighted by Crippen LogP contribution is 2.28. The molecule has 2 N–H and O–H groups in total. The van der Waals surface area contributed by atoms with Gasteiger partial charge in [-0.25, -0.2) is 4.79 Å². The Balaban J connectivity index is 2.26. The van der Waals surface area contributed by atoms with Crippen LogP contribution in [0.25, 0.3) is 0 Å². The van der Waals surface area contributed by atoms with E-state index >= 15 is 0 Å². The summed E-state index contributed by atoms with van der Waals surface area (Å²) in [5.74, 6) is -1.82. The topological polar surface area (TPSA) is 90.0 Å². The zero-order valence-corrected chi connectivity index (χ0v) is 15.2. The summed E-state index contributed by atoms with van der Waals surface area (Å²) in [6.07, 6.45) is 1.18. The van der Waals surface area contributed by atoms with Gasteiger partial charge in [0.05, 0.1) is 16.5 Å². The van der Waals surface area contributed by atoms with Crippen LogP contribution in [0.3, 0.4) is 0 Å². The molecule has 3 amide bonds. The van der Waals surface area contributed by atoms with Crippen molar-refractivity contribution < 1.29 is 19.5 Å². The molecule has 2 rings (SSSR count). The van der Waals surface area contributed by atoms with E-state index in [0.29, 0.717) is 25.1 Å². The Kier molecular flexibility index (Phi) is 5.89. The van der Waals surface area contributed by atoms with E-state index in [9.17, 15) is 19.5 Å². The van der Waals surface area contributed by atoms with Gasteiger partial charge in [-0.15, -0.1) is 0 Å². The summed E-state index contributed by atoms with van der Waals surface area (Å²) < 4.78 is 0. The molecule has 0 radical (unpaired) electrons. The van der Waals surface area contributed by atoms with Gasteiger partial charge in [0.25, 0.3) is 5.91 Å². The van der Waals surface area contributed by atoms with E-state index in [1.54, 1.807) is 38.1 Å². The highest BCUT2D eigenvalue weighted by molar-refractivity contribution is 6.34. The lowest BCUT2D eigenvalue weighted by atomic mass is 9.90. The summed E-state index contributed by atoms with van der Waals surface area (Å²) in [6.45, 7) is 2.22. The molecular weight excluding hydrogens is 346 g/mol. The maximum atomic E-state index is 12.9. The molecule has 1 aromatic rings. The van der Waals surface area contributed by atoms with Gasteiger partial charge in [0.15, 0.2) is 0 Å². The van der Waals surface area contributed by atoms with Crippen molar-refractivity contribution in [2.45, 2.75) is 25.8 Å². The van der Waals surface area contributed by atoms with Crippen molar-refractivity contribution in [3.8, 4) is 0 Å². The lowest BCUT2D eigenvalue weighted by Crippen LogP contribution is -2.49. The number of carboxylic acid groups (broad SMARTS) is 1. The first-order valence-corrected chi connectivity index (χ1v) is 8.41. The molecule has 0 unspecified atom stereocenters. The lowest BCUT2D eigenvalue weighted by molar-refractivity contribution is -0.144. The third kappa shape index (κ3) is 4.22. The molecule has 0 saturated carbocycles. The molecule has 1 saturated heterocycles. The van der Waals surface area contributed by atoms with Crippen molar-refractivity contribution in [1.82, 2.24) is 9.80 Å². The Morgan fingerprint density at radius 3 is 2.60 bits per heavy atom. The third-order valence-corrected chi connectivity index (χ3v) is 4.75. The monoisotopic (exact) mass is 367 g/mol. The van der Waals surface area contributed by atoms with E-state index in [2.05, 4.69) is 5.32 Å². The molecule has 2 atom stereocenters. The van der Waals surface area contributed by atoms with Gasteiger partial charge in [-0.3, -0.25) is 9.59 Å². The molecule has 8 heteroatoms. The Labute approximate surface area is 151 Å². The standard InChI is InChI=1S/C17H22ClN3O4/c1-10-12(16(23)24)5-4-8-21(10)15(22)13-9-11(6-7-14(13)18)19-17(25)20(2)3/h6-7,9-10,12H,4-5,8H2,1-3H3,(H,19,25)(H,23,24)/t10-,12-/m1/s1. The minimum atomic E-state index is -0.900. The molecule has 1 aliphatic heterocycles. The molecule has 0 bridgehead atoms. The summed E-state index contributed by atoms with van der Waals surface area (Å²) in [4.78, 5) is 38.9. The number of carboxylic acids is 1. The number of carbonyl (C=O) groups excluding carboxylic acids is 2. The van der Waals surface area contributed by atoms with Gasteiger partial charge in [0.1, 0.15) is 0 Å². The maximum Gasteiger partial charge on any atom is 0.321 e. The number of aliphatic carboxylic acids is 1. The molecule has 1 heterocycles. The van der Waals surface area contributed by atoms with E-state index in [1.807, 2.05) is 0 Å². The molecule has 0 aromatic heterocycles. The van der Waals surface area contributed by atoms with Gasteiger partial charge in [-0.2, -0.15) is 0 Å². The maximum absolute atomic E-state index is 12.9. The van der Waals surface area contributed by atoms with Crippen LogP contribution in [-0.2, 0) is 4.79 Å². The number of likely N-dealkylation sites (tertiary alicyclic amines) is 1. The van der Waals surface area contributed by atoms with Gasteiger partial charge in [-0.05, 0) is 38.0 Å². The predicted molar refractivity (Wildman–Crippen MR) is 95.0 cm³/mol. The fourth-order valence-electron chi connectivity index (χ4n) is 2.92. The molecule has 1 aliphatic rings. The van der Waals surface area contributed by atoms with Crippen molar-refractivity contribution >= 4 is 35.2 Å². The Morgan fingerprint density at radius 1 is 1.32 bits per heavy atom. The van der Waals surface area contributed by atoms with Crippen molar-refractivity contribution in [2.24, 2.45) is 5.92 Å². The normalized spacial score (nSPS) is 20.1. The van der Waals surface area contributed by atoms with Crippen LogP contribution in [-0.4, -0.2) is 59.5 Å². The Bertz CT molecular complexity index is 692. The Morgan fingerprint density at radius 2 is 2.00 bits per heavy atom. The number of benzene rings is 1. The van der Waals surface area contributed by atoms with Crippen molar-refractivity contribution in [3.05, 3.63) is 28.8 Å². The quantitative estimate of drug-likeness (QED) is 0.859. The number of urea groups is 1. The SMILES string of the molecule is C[C@@H]1[C@H](C(=O)O)CCCN1C(=O)c1cc(NC(=O)N(C)C)ccc1Cl. The number of piperidine rings is 1. The van der Waals surface area contributed by atoms with E-state index in [4.69, 9.17) is 11.6 Å². The zero-order valence-electron chi connectivity index (χ0n) is 14.5. The zero-order chi connectivity index (χ0) is 18.7. The van der Waals surface area contributed by atoms with Gasteiger partial charge in [0, 0.05) is 32.4 Å². The second-order valence-electron chi connectivity index (χ2n) is 6.35. The number of amides is 3. The first-order chi connectivity index (χ1) is 11.7. The first kappa shape index (κ1) is 19.1. The number of hydrogen-bond acceptors (Lipinski definition) is 3. The summed E-state index contributed by atoms with van der Waals surface area (Å²) in [5, 5.41) is 12.2. The van der Waals surface area contributed by atoms with E-state index in [-0.39, 0.29) is 22.5 Å². The molecule has 0 aliphatic carbocycles. The average Bonchev–Trinajstić information content (AvgIpc) is 2.55. The van der Waals surface area contributed by atoms with Gasteiger partial charge in [0.2, 0.25) is 0 Å². The predicted octanol–water partition coefficient (Wildman–Crippen LogP) is 2.76. The fraction of sp³-hybridized carbons (Fsp3) is 0.471. The number of carbonyl (C=O) groups is 3. The second kappa shape index (κ2) is 7.74. The van der Waals surface area contributed by atoms with Crippen LogP contribution in [0.2, 0.25) is 5.02 Å². The minimum Gasteiger partial charge on any atom is -0.481 e.